The number of morpholine rings is 1. The van der Waals surface area contributed by atoms with E-state index in [2.05, 4.69) is 10.3 Å². The molecule has 6 nitrogen and oxygen atoms in total. The standard InChI is InChI=1S/C16H21N3O3S/c1-10-4-5-13(22-10)14-9-19(6-7-21-14)16(20)17-8-15-11(2)18-12(3)23-15/h4-5,14H,6-9H2,1-3H3,(H,17,20)/t14-/m0/s1. The lowest BCUT2D eigenvalue weighted by molar-refractivity contribution is -0.0263. The van der Waals surface area contributed by atoms with Crippen molar-refractivity contribution in [3.63, 3.8) is 0 Å². The third-order valence-electron chi connectivity index (χ3n) is 3.83. The maximum absolute atomic E-state index is 12.4. The Bertz CT molecular complexity index is 695. The largest absolute Gasteiger partial charge is 0.464 e. The van der Waals surface area contributed by atoms with Gasteiger partial charge in [0.25, 0.3) is 0 Å². The Morgan fingerprint density at radius 1 is 1.43 bits per heavy atom. The van der Waals surface area contributed by atoms with Gasteiger partial charge in [-0.15, -0.1) is 11.3 Å². The third kappa shape index (κ3) is 3.73. The van der Waals surface area contributed by atoms with Gasteiger partial charge in [0.1, 0.15) is 17.6 Å². The molecule has 0 aliphatic carbocycles. The summed E-state index contributed by atoms with van der Waals surface area (Å²) in [7, 11) is 0. The number of urea groups is 1. The highest BCUT2D eigenvalue weighted by atomic mass is 32.1. The van der Waals surface area contributed by atoms with E-state index in [9.17, 15) is 4.79 Å². The zero-order valence-corrected chi connectivity index (χ0v) is 14.4. The number of aromatic nitrogens is 1. The zero-order chi connectivity index (χ0) is 16.4. The van der Waals surface area contributed by atoms with Crippen LogP contribution in [0.2, 0.25) is 0 Å². The minimum absolute atomic E-state index is 0.0768. The molecule has 1 aliphatic rings. The fraction of sp³-hybridized carbons (Fsp3) is 0.500. The molecule has 3 rings (SSSR count). The number of thiazole rings is 1. The smallest absolute Gasteiger partial charge is 0.317 e. The van der Waals surface area contributed by atoms with Crippen molar-refractivity contribution in [3.8, 4) is 0 Å². The van der Waals surface area contributed by atoms with Crippen LogP contribution in [0.25, 0.3) is 0 Å². The molecule has 0 bridgehead atoms. The molecule has 2 amide bonds. The molecular formula is C16H21N3O3S. The van der Waals surface area contributed by atoms with Crippen LogP contribution in [0.4, 0.5) is 4.79 Å². The Balaban J connectivity index is 1.57. The van der Waals surface area contributed by atoms with E-state index in [4.69, 9.17) is 9.15 Å². The minimum atomic E-state index is -0.199. The van der Waals surface area contributed by atoms with Crippen molar-refractivity contribution in [2.24, 2.45) is 0 Å². The summed E-state index contributed by atoms with van der Waals surface area (Å²) in [4.78, 5) is 19.6. The fourth-order valence-electron chi connectivity index (χ4n) is 2.64. The van der Waals surface area contributed by atoms with Crippen LogP contribution in [0.1, 0.15) is 33.2 Å². The number of nitrogens with one attached hydrogen (secondary N) is 1. The Hall–Kier alpha value is -1.86. The molecule has 0 saturated carbocycles. The van der Waals surface area contributed by atoms with Crippen molar-refractivity contribution in [2.75, 3.05) is 19.7 Å². The normalized spacial score (nSPS) is 18.2. The summed E-state index contributed by atoms with van der Waals surface area (Å²) in [6, 6.07) is 3.74. The number of hydrogen-bond acceptors (Lipinski definition) is 5. The maximum Gasteiger partial charge on any atom is 0.317 e. The van der Waals surface area contributed by atoms with E-state index >= 15 is 0 Å². The first-order valence-electron chi connectivity index (χ1n) is 7.66. The Kier molecular flexibility index (Phi) is 4.68. The van der Waals surface area contributed by atoms with Gasteiger partial charge in [0.15, 0.2) is 0 Å². The highest BCUT2D eigenvalue weighted by Crippen LogP contribution is 2.24. The van der Waals surface area contributed by atoms with Gasteiger partial charge in [0, 0.05) is 11.4 Å². The van der Waals surface area contributed by atoms with Crippen LogP contribution in [0.5, 0.6) is 0 Å². The highest BCUT2D eigenvalue weighted by molar-refractivity contribution is 7.11. The van der Waals surface area contributed by atoms with Crippen molar-refractivity contribution in [2.45, 2.75) is 33.4 Å². The first kappa shape index (κ1) is 16.0. The molecule has 3 heterocycles. The van der Waals surface area contributed by atoms with Crippen molar-refractivity contribution in [1.29, 1.82) is 0 Å². The monoisotopic (exact) mass is 335 g/mol. The summed E-state index contributed by atoms with van der Waals surface area (Å²) in [5, 5.41) is 3.99. The quantitative estimate of drug-likeness (QED) is 0.936. The molecule has 1 fully saturated rings. The molecule has 1 aliphatic heterocycles. The number of carbonyl (C=O) groups excluding carboxylic acids is 1. The molecule has 1 atom stereocenters. The van der Waals surface area contributed by atoms with Crippen molar-refractivity contribution < 1.29 is 13.9 Å². The number of amides is 2. The van der Waals surface area contributed by atoms with Gasteiger partial charge in [0.2, 0.25) is 0 Å². The molecule has 0 aromatic carbocycles. The van der Waals surface area contributed by atoms with Gasteiger partial charge >= 0.3 is 6.03 Å². The van der Waals surface area contributed by atoms with Crippen molar-refractivity contribution >= 4 is 17.4 Å². The second-order valence-electron chi connectivity index (χ2n) is 5.65. The van der Waals surface area contributed by atoms with Gasteiger partial charge in [-0.25, -0.2) is 9.78 Å². The van der Waals surface area contributed by atoms with Crippen LogP contribution in [0.3, 0.4) is 0 Å². The van der Waals surface area contributed by atoms with Crippen molar-refractivity contribution in [1.82, 2.24) is 15.2 Å². The Morgan fingerprint density at radius 3 is 2.91 bits per heavy atom. The number of rotatable bonds is 3. The number of ether oxygens (including phenoxy) is 1. The van der Waals surface area contributed by atoms with Crippen LogP contribution in [0.15, 0.2) is 16.5 Å². The van der Waals surface area contributed by atoms with Crippen LogP contribution in [0, 0.1) is 20.8 Å². The van der Waals surface area contributed by atoms with E-state index in [0.717, 1.165) is 27.1 Å². The molecule has 0 radical (unpaired) electrons. The summed E-state index contributed by atoms with van der Waals surface area (Å²) in [6.45, 7) is 7.95. The fourth-order valence-corrected chi connectivity index (χ4v) is 3.51. The molecule has 2 aromatic heterocycles. The van der Waals surface area contributed by atoms with Gasteiger partial charge in [-0.2, -0.15) is 0 Å². The maximum atomic E-state index is 12.4. The van der Waals surface area contributed by atoms with Crippen LogP contribution in [-0.2, 0) is 11.3 Å². The van der Waals surface area contributed by atoms with Gasteiger partial charge in [-0.3, -0.25) is 0 Å². The van der Waals surface area contributed by atoms with E-state index in [1.165, 1.54) is 0 Å². The molecule has 0 unspecified atom stereocenters. The first-order chi connectivity index (χ1) is 11.0. The molecule has 1 N–H and O–H groups in total. The summed E-state index contributed by atoms with van der Waals surface area (Å²) in [5.74, 6) is 1.62. The summed E-state index contributed by atoms with van der Waals surface area (Å²) in [6.07, 6.45) is -0.199. The van der Waals surface area contributed by atoms with E-state index < -0.39 is 0 Å². The molecule has 0 spiro atoms. The number of aryl methyl sites for hydroxylation is 3. The summed E-state index contributed by atoms with van der Waals surface area (Å²) >= 11 is 1.62. The Morgan fingerprint density at radius 2 is 2.26 bits per heavy atom. The van der Waals surface area contributed by atoms with Crippen LogP contribution in [-0.4, -0.2) is 35.6 Å². The second kappa shape index (κ2) is 6.72. The Labute approximate surface area is 139 Å². The molecule has 23 heavy (non-hydrogen) atoms. The van der Waals surface area contributed by atoms with E-state index in [0.29, 0.717) is 26.2 Å². The molecule has 124 valence electrons. The summed E-state index contributed by atoms with van der Waals surface area (Å²) < 4.78 is 11.3. The van der Waals surface area contributed by atoms with E-state index in [-0.39, 0.29) is 12.1 Å². The lowest BCUT2D eigenvalue weighted by Crippen LogP contribution is -2.46. The van der Waals surface area contributed by atoms with Crippen LogP contribution >= 0.6 is 11.3 Å². The molecule has 7 heteroatoms. The van der Waals surface area contributed by atoms with Crippen molar-refractivity contribution in [3.05, 3.63) is 39.2 Å². The molecule has 1 saturated heterocycles. The minimum Gasteiger partial charge on any atom is -0.464 e. The van der Waals surface area contributed by atoms with E-state index in [1.54, 1.807) is 16.2 Å². The second-order valence-corrected chi connectivity index (χ2v) is 6.94. The van der Waals surface area contributed by atoms with Gasteiger partial charge in [-0.05, 0) is 32.9 Å². The predicted octanol–water partition coefficient (Wildman–Crippen LogP) is 2.94. The van der Waals surface area contributed by atoms with Gasteiger partial charge < -0.3 is 19.4 Å². The summed E-state index contributed by atoms with van der Waals surface area (Å²) in [5.41, 5.74) is 0.985. The average molecular weight is 335 g/mol. The lowest BCUT2D eigenvalue weighted by atomic mass is 10.2. The zero-order valence-electron chi connectivity index (χ0n) is 13.6. The first-order valence-corrected chi connectivity index (χ1v) is 8.48. The highest BCUT2D eigenvalue weighted by Gasteiger charge is 2.27. The number of hydrogen-bond donors (Lipinski definition) is 1. The third-order valence-corrected chi connectivity index (χ3v) is 4.90. The van der Waals surface area contributed by atoms with E-state index in [1.807, 2.05) is 32.9 Å². The van der Waals surface area contributed by atoms with Gasteiger partial charge in [-0.1, -0.05) is 0 Å². The SMILES string of the molecule is Cc1ccc([C@@H]2CN(C(=O)NCc3sc(C)nc3C)CCO2)o1. The lowest BCUT2D eigenvalue weighted by Gasteiger charge is -2.32. The average Bonchev–Trinajstić information content (AvgIpc) is 3.10. The number of carbonyl (C=O) groups is 1. The van der Waals surface area contributed by atoms with Gasteiger partial charge in [0.05, 0.1) is 30.4 Å². The number of nitrogens with zero attached hydrogens (tertiary/aromatic N) is 2. The van der Waals surface area contributed by atoms with Crippen LogP contribution < -0.4 is 5.32 Å². The predicted molar refractivity (Wildman–Crippen MR) is 87.5 cm³/mol. The number of furan rings is 1. The molecule has 2 aromatic rings. The molecular weight excluding hydrogens is 314 g/mol. The topological polar surface area (TPSA) is 67.6 Å².